The van der Waals surface area contributed by atoms with Gasteiger partial charge in [-0.25, -0.2) is 4.68 Å². The molecule has 7 heteroatoms. The summed E-state index contributed by atoms with van der Waals surface area (Å²) >= 11 is 6.08. The zero-order valence-corrected chi connectivity index (χ0v) is 18.7. The highest BCUT2D eigenvalue weighted by atomic mass is 35.5. The molecule has 1 heterocycles. The number of para-hydroxylation sites is 2. The Morgan fingerprint density at radius 3 is 2.45 bits per heavy atom. The number of methoxy groups -OCH3 is 1. The Morgan fingerprint density at radius 2 is 1.84 bits per heavy atom. The van der Waals surface area contributed by atoms with E-state index in [1.807, 2.05) is 60.4 Å². The lowest BCUT2D eigenvalue weighted by Gasteiger charge is -2.22. The van der Waals surface area contributed by atoms with Gasteiger partial charge in [-0.2, -0.15) is 5.10 Å². The van der Waals surface area contributed by atoms with E-state index in [9.17, 15) is 4.79 Å². The second-order valence-corrected chi connectivity index (χ2v) is 8.29. The van der Waals surface area contributed by atoms with Crippen LogP contribution < -0.4 is 9.47 Å². The molecule has 1 amide bonds. The molecule has 1 fully saturated rings. The van der Waals surface area contributed by atoms with E-state index in [0.717, 1.165) is 23.5 Å². The van der Waals surface area contributed by atoms with E-state index >= 15 is 0 Å². The van der Waals surface area contributed by atoms with Gasteiger partial charge in [0, 0.05) is 18.5 Å². The predicted octanol–water partition coefficient (Wildman–Crippen LogP) is 5.39. The van der Waals surface area contributed by atoms with E-state index in [-0.39, 0.29) is 5.91 Å². The van der Waals surface area contributed by atoms with Gasteiger partial charge < -0.3 is 14.4 Å². The van der Waals surface area contributed by atoms with Crippen LogP contribution in [0.2, 0.25) is 5.02 Å². The third-order valence-electron chi connectivity index (χ3n) is 5.45. The molecule has 0 bridgehead atoms. The van der Waals surface area contributed by atoms with E-state index < -0.39 is 0 Å². The molecule has 3 aromatic rings. The van der Waals surface area contributed by atoms with Crippen molar-refractivity contribution in [2.75, 3.05) is 13.7 Å². The molecule has 1 aliphatic carbocycles. The Morgan fingerprint density at radius 1 is 1.16 bits per heavy atom. The van der Waals surface area contributed by atoms with Crippen molar-refractivity contribution in [2.24, 2.45) is 5.92 Å². The molecule has 0 unspecified atom stereocenters. The van der Waals surface area contributed by atoms with Crippen LogP contribution in [0, 0.1) is 12.8 Å². The van der Waals surface area contributed by atoms with Crippen LogP contribution >= 0.6 is 11.6 Å². The van der Waals surface area contributed by atoms with Crippen molar-refractivity contribution in [3.8, 4) is 23.1 Å². The van der Waals surface area contributed by atoms with E-state index in [1.54, 1.807) is 18.7 Å². The average Bonchev–Trinajstić information content (AvgIpc) is 3.53. The number of aryl methyl sites for hydroxylation is 1. The Hall–Kier alpha value is -2.99. The fourth-order valence-corrected chi connectivity index (χ4v) is 3.62. The number of nitrogens with zero attached hydrogens (tertiary/aromatic N) is 3. The van der Waals surface area contributed by atoms with Crippen molar-refractivity contribution in [3.63, 3.8) is 0 Å². The molecule has 2 aromatic carbocycles. The smallest absolute Gasteiger partial charge is 0.228 e. The molecule has 0 atom stereocenters. The van der Waals surface area contributed by atoms with Crippen LogP contribution in [0.4, 0.5) is 0 Å². The van der Waals surface area contributed by atoms with E-state index in [4.69, 9.17) is 26.2 Å². The summed E-state index contributed by atoms with van der Waals surface area (Å²) in [5.41, 5.74) is 2.50. The van der Waals surface area contributed by atoms with Gasteiger partial charge in [0.25, 0.3) is 0 Å². The number of carbonyl (C=O) groups excluding carboxylic acids is 1. The van der Waals surface area contributed by atoms with Crippen LogP contribution in [0.3, 0.4) is 0 Å². The summed E-state index contributed by atoms with van der Waals surface area (Å²) in [5, 5.41) is 5.38. The van der Waals surface area contributed by atoms with Gasteiger partial charge in [-0.1, -0.05) is 23.7 Å². The van der Waals surface area contributed by atoms with Gasteiger partial charge >= 0.3 is 0 Å². The lowest BCUT2D eigenvalue weighted by molar-refractivity contribution is -0.129. The first-order valence-corrected chi connectivity index (χ1v) is 10.7. The van der Waals surface area contributed by atoms with Crippen molar-refractivity contribution < 1.29 is 14.3 Å². The van der Waals surface area contributed by atoms with Crippen LogP contribution in [0.25, 0.3) is 5.69 Å². The summed E-state index contributed by atoms with van der Waals surface area (Å²) in [6.45, 7) is 4.75. The first-order chi connectivity index (χ1) is 15.0. The van der Waals surface area contributed by atoms with Gasteiger partial charge in [0.2, 0.25) is 11.8 Å². The number of hydrogen-bond donors (Lipinski definition) is 0. The summed E-state index contributed by atoms with van der Waals surface area (Å²) in [5.74, 6) is 2.41. The topological polar surface area (TPSA) is 56.6 Å². The zero-order chi connectivity index (χ0) is 22.0. The third kappa shape index (κ3) is 4.85. The number of rotatable bonds is 8. The van der Waals surface area contributed by atoms with Gasteiger partial charge in [0.1, 0.15) is 0 Å². The zero-order valence-electron chi connectivity index (χ0n) is 18.0. The summed E-state index contributed by atoms with van der Waals surface area (Å²) in [6, 6.07) is 14.9. The van der Waals surface area contributed by atoms with Crippen LogP contribution in [0.15, 0.2) is 48.5 Å². The predicted molar refractivity (Wildman–Crippen MR) is 120 cm³/mol. The van der Waals surface area contributed by atoms with Crippen molar-refractivity contribution in [2.45, 2.75) is 33.2 Å². The number of ether oxygens (including phenoxy) is 2. The first kappa shape index (κ1) is 21.2. The van der Waals surface area contributed by atoms with Crippen LogP contribution in [-0.2, 0) is 11.3 Å². The lowest BCUT2D eigenvalue weighted by Crippen LogP contribution is -2.30. The number of amides is 1. The molecule has 6 nitrogen and oxygen atoms in total. The first-order valence-electron chi connectivity index (χ1n) is 10.4. The Kier molecular flexibility index (Phi) is 6.18. The van der Waals surface area contributed by atoms with Gasteiger partial charge in [-0.15, -0.1) is 0 Å². The second kappa shape index (κ2) is 9.02. The standard InChI is InChI=1S/C24H26ClN3O3/c1-16-21(15-27(17(2)29)14-18-8-9-18)24(31-23-7-5-4-6-22(23)30-3)28(26-16)20-12-10-19(25)11-13-20/h4-7,10-13,18H,8-9,14-15H2,1-3H3. The van der Waals surface area contributed by atoms with Crippen LogP contribution in [0.1, 0.15) is 31.0 Å². The minimum Gasteiger partial charge on any atom is -0.493 e. The molecule has 0 aliphatic heterocycles. The molecule has 0 spiro atoms. The van der Waals surface area contributed by atoms with E-state index in [0.29, 0.717) is 34.9 Å². The average molecular weight is 440 g/mol. The summed E-state index contributed by atoms with van der Waals surface area (Å²) < 4.78 is 13.6. The highest BCUT2D eigenvalue weighted by Gasteiger charge is 2.28. The number of aromatic nitrogens is 2. The van der Waals surface area contributed by atoms with Gasteiger partial charge in [0.05, 0.1) is 30.6 Å². The fourth-order valence-electron chi connectivity index (χ4n) is 3.50. The summed E-state index contributed by atoms with van der Waals surface area (Å²) in [6.07, 6.45) is 2.36. The SMILES string of the molecule is COc1ccccc1Oc1c(CN(CC2CC2)C(C)=O)c(C)nn1-c1ccc(Cl)cc1. The number of hydrogen-bond acceptors (Lipinski definition) is 4. The van der Waals surface area contributed by atoms with Crippen molar-refractivity contribution in [3.05, 3.63) is 64.8 Å². The molecule has 1 saturated carbocycles. The van der Waals surface area contributed by atoms with Crippen LogP contribution in [0.5, 0.6) is 17.4 Å². The minimum atomic E-state index is 0.0498. The monoisotopic (exact) mass is 439 g/mol. The molecule has 0 radical (unpaired) electrons. The summed E-state index contributed by atoms with van der Waals surface area (Å²) in [4.78, 5) is 14.2. The highest BCUT2D eigenvalue weighted by Crippen LogP contribution is 2.37. The summed E-state index contributed by atoms with van der Waals surface area (Å²) in [7, 11) is 1.61. The van der Waals surface area contributed by atoms with Crippen LogP contribution in [-0.4, -0.2) is 34.2 Å². The molecule has 31 heavy (non-hydrogen) atoms. The molecule has 162 valence electrons. The number of carbonyl (C=O) groups is 1. The van der Waals surface area contributed by atoms with Crippen molar-refractivity contribution >= 4 is 17.5 Å². The quantitative estimate of drug-likeness (QED) is 0.472. The fraction of sp³-hybridized carbons (Fsp3) is 0.333. The Balaban J connectivity index is 1.77. The largest absolute Gasteiger partial charge is 0.493 e. The molecular formula is C24H26ClN3O3. The third-order valence-corrected chi connectivity index (χ3v) is 5.71. The maximum absolute atomic E-state index is 12.3. The van der Waals surface area contributed by atoms with Crippen molar-refractivity contribution in [1.29, 1.82) is 0 Å². The number of benzene rings is 2. The molecule has 0 saturated heterocycles. The van der Waals surface area contributed by atoms with E-state index in [1.165, 1.54) is 12.8 Å². The molecule has 4 rings (SSSR count). The Labute approximate surface area is 187 Å². The van der Waals surface area contributed by atoms with Gasteiger partial charge in [-0.05, 0) is 62.1 Å². The van der Waals surface area contributed by atoms with Gasteiger partial charge in [0.15, 0.2) is 11.5 Å². The molecule has 1 aliphatic rings. The van der Waals surface area contributed by atoms with Gasteiger partial charge in [-0.3, -0.25) is 4.79 Å². The highest BCUT2D eigenvalue weighted by molar-refractivity contribution is 6.30. The minimum absolute atomic E-state index is 0.0498. The Bertz CT molecular complexity index is 1070. The molecule has 0 N–H and O–H groups in total. The second-order valence-electron chi connectivity index (χ2n) is 7.85. The lowest BCUT2D eigenvalue weighted by atomic mass is 10.2. The normalized spacial score (nSPS) is 13.2. The maximum Gasteiger partial charge on any atom is 0.228 e. The maximum atomic E-state index is 12.3. The molecule has 1 aromatic heterocycles. The van der Waals surface area contributed by atoms with Crippen molar-refractivity contribution in [1.82, 2.24) is 14.7 Å². The molecular weight excluding hydrogens is 414 g/mol. The number of halogens is 1. The van der Waals surface area contributed by atoms with E-state index in [2.05, 4.69) is 0 Å².